The summed E-state index contributed by atoms with van der Waals surface area (Å²) in [7, 11) is 1.56. The highest BCUT2D eigenvalue weighted by molar-refractivity contribution is 5.80. The molecule has 4 nitrogen and oxygen atoms in total. The van der Waals surface area contributed by atoms with Crippen molar-refractivity contribution in [2.24, 2.45) is 5.92 Å². The molecule has 0 saturated heterocycles. The van der Waals surface area contributed by atoms with Crippen molar-refractivity contribution in [2.45, 2.75) is 43.7 Å². The first kappa shape index (κ1) is 13.7. The molecule has 2 aliphatic carbocycles. The molecule has 0 spiro atoms. The average molecular weight is 262 g/mol. The van der Waals surface area contributed by atoms with Crippen molar-refractivity contribution >= 4 is 5.97 Å². The van der Waals surface area contributed by atoms with Crippen LogP contribution in [0, 0.1) is 5.92 Å². The Bertz CT molecular complexity index is 319. The van der Waals surface area contributed by atoms with Crippen LogP contribution in [0.15, 0.2) is 0 Å². The molecule has 104 valence electrons. The van der Waals surface area contributed by atoms with Gasteiger partial charge < -0.3 is 5.11 Å². The molecule has 1 unspecified atom stereocenters. The van der Waals surface area contributed by atoms with E-state index in [1.807, 2.05) is 0 Å². The van der Waals surface area contributed by atoms with Gasteiger partial charge in [0, 0.05) is 12.6 Å². The van der Waals surface area contributed by atoms with Crippen LogP contribution < -0.4 is 5.32 Å². The fraction of sp³-hybridized carbons (Fsp3) is 0.917. The number of rotatable bonds is 8. The van der Waals surface area contributed by atoms with Gasteiger partial charge in [0.15, 0.2) is 0 Å². The van der Waals surface area contributed by atoms with Crippen LogP contribution in [0.25, 0.3) is 0 Å². The summed E-state index contributed by atoms with van der Waals surface area (Å²) in [5, 5.41) is 12.7. The molecule has 2 fully saturated rings. The molecule has 1 atom stereocenters. The van der Waals surface area contributed by atoms with Crippen LogP contribution in [0.2, 0.25) is 0 Å². The van der Waals surface area contributed by atoms with Gasteiger partial charge in [0.2, 0.25) is 0 Å². The molecule has 0 aromatic heterocycles. The molecular formula is C12H20F2N2O2. The van der Waals surface area contributed by atoms with Crippen molar-refractivity contribution in [3.8, 4) is 0 Å². The Kier molecular flexibility index (Phi) is 3.87. The van der Waals surface area contributed by atoms with Gasteiger partial charge in [-0.3, -0.25) is 15.0 Å². The summed E-state index contributed by atoms with van der Waals surface area (Å²) in [6, 6.07) is 0.252. The van der Waals surface area contributed by atoms with Crippen molar-refractivity contribution in [1.82, 2.24) is 10.2 Å². The summed E-state index contributed by atoms with van der Waals surface area (Å²) >= 11 is 0. The molecule has 18 heavy (non-hydrogen) atoms. The van der Waals surface area contributed by atoms with E-state index in [4.69, 9.17) is 0 Å². The van der Waals surface area contributed by atoms with Gasteiger partial charge in [-0.1, -0.05) is 0 Å². The number of hydrogen-bond donors (Lipinski definition) is 2. The van der Waals surface area contributed by atoms with Crippen molar-refractivity contribution in [3.63, 3.8) is 0 Å². The topological polar surface area (TPSA) is 52.6 Å². The molecule has 0 aromatic rings. The third-order valence-corrected chi connectivity index (χ3v) is 3.66. The van der Waals surface area contributed by atoms with E-state index < -0.39 is 17.9 Å². The number of aliphatic carboxylic acids is 1. The van der Waals surface area contributed by atoms with Gasteiger partial charge in [-0.15, -0.1) is 0 Å². The lowest BCUT2D eigenvalue weighted by atomic mass is 9.92. The quantitative estimate of drug-likeness (QED) is 0.689. The lowest BCUT2D eigenvalue weighted by Crippen LogP contribution is -2.61. The Labute approximate surface area is 105 Å². The predicted molar refractivity (Wildman–Crippen MR) is 62.7 cm³/mol. The lowest BCUT2D eigenvalue weighted by molar-refractivity contribution is -0.147. The monoisotopic (exact) mass is 262 g/mol. The number of carbonyl (C=O) groups is 1. The lowest BCUT2D eigenvalue weighted by Gasteiger charge is -2.35. The smallest absolute Gasteiger partial charge is 0.325 e. The standard InChI is InChI=1S/C12H20F2N2O2/c1-16(6-10(13)14)7-12(11(17)18,8-2-3-8)15-9-4-5-9/h8-10,15H,2-7H2,1H3,(H,17,18). The fourth-order valence-corrected chi connectivity index (χ4v) is 2.49. The first-order valence-electron chi connectivity index (χ1n) is 6.42. The maximum atomic E-state index is 12.3. The van der Waals surface area contributed by atoms with E-state index in [2.05, 4.69) is 5.32 Å². The van der Waals surface area contributed by atoms with Crippen molar-refractivity contribution in [3.05, 3.63) is 0 Å². The number of alkyl halides is 2. The number of carboxylic acids is 1. The molecule has 2 saturated carbocycles. The van der Waals surface area contributed by atoms with Gasteiger partial charge in [-0.25, -0.2) is 8.78 Å². The molecule has 2 N–H and O–H groups in total. The van der Waals surface area contributed by atoms with E-state index in [1.165, 1.54) is 4.90 Å². The molecule has 0 aromatic carbocycles. The van der Waals surface area contributed by atoms with E-state index in [0.29, 0.717) is 0 Å². The zero-order chi connectivity index (χ0) is 13.3. The maximum absolute atomic E-state index is 12.3. The molecule has 0 heterocycles. The SMILES string of the molecule is CN(CC(F)F)CC(NC1CC1)(C(=O)O)C1CC1. The first-order valence-corrected chi connectivity index (χ1v) is 6.42. The molecule has 2 rings (SSSR count). The maximum Gasteiger partial charge on any atom is 0.325 e. The number of carboxylic acid groups (broad SMARTS) is 1. The first-order chi connectivity index (χ1) is 8.44. The van der Waals surface area contributed by atoms with E-state index in [1.54, 1.807) is 7.05 Å². The van der Waals surface area contributed by atoms with Crippen LogP contribution in [0.3, 0.4) is 0 Å². The molecule has 6 heteroatoms. The summed E-state index contributed by atoms with van der Waals surface area (Å²) in [6.07, 6.45) is 1.28. The highest BCUT2D eigenvalue weighted by atomic mass is 19.3. The van der Waals surface area contributed by atoms with Crippen LogP contribution in [0.1, 0.15) is 25.7 Å². The third kappa shape index (κ3) is 3.17. The fourth-order valence-electron chi connectivity index (χ4n) is 2.49. The average Bonchev–Trinajstić information content (AvgIpc) is 3.10. The highest BCUT2D eigenvalue weighted by Crippen LogP contribution is 2.42. The molecule has 0 radical (unpaired) electrons. The molecule has 0 aliphatic heterocycles. The van der Waals surface area contributed by atoms with Gasteiger partial charge in [-0.2, -0.15) is 0 Å². The third-order valence-electron chi connectivity index (χ3n) is 3.66. The van der Waals surface area contributed by atoms with E-state index in [0.717, 1.165) is 25.7 Å². The minimum Gasteiger partial charge on any atom is -0.480 e. The Morgan fingerprint density at radius 1 is 1.44 bits per heavy atom. The second-order valence-corrected chi connectivity index (χ2v) is 5.56. The molecular weight excluding hydrogens is 242 g/mol. The number of nitrogens with zero attached hydrogens (tertiary/aromatic N) is 1. The molecule has 0 bridgehead atoms. The van der Waals surface area contributed by atoms with Crippen LogP contribution >= 0.6 is 0 Å². The number of likely N-dealkylation sites (N-methyl/N-ethyl adjacent to an activating group) is 1. The largest absolute Gasteiger partial charge is 0.480 e. The van der Waals surface area contributed by atoms with Crippen molar-refractivity contribution < 1.29 is 18.7 Å². The zero-order valence-corrected chi connectivity index (χ0v) is 10.5. The molecule has 2 aliphatic rings. The van der Waals surface area contributed by atoms with E-state index in [9.17, 15) is 18.7 Å². The second kappa shape index (κ2) is 5.09. The summed E-state index contributed by atoms with van der Waals surface area (Å²) in [4.78, 5) is 13.0. The summed E-state index contributed by atoms with van der Waals surface area (Å²) in [5.74, 6) is -0.825. The van der Waals surface area contributed by atoms with Crippen molar-refractivity contribution in [1.29, 1.82) is 0 Å². The van der Waals surface area contributed by atoms with Gasteiger partial charge in [0.05, 0.1) is 6.54 Å². The Balaban J connectivity index is 2.04. The summed E-state index contributed by atoms with van der Waals surface area (Å²) < 4.78 is 24.7. The normalized spacial score (nSPS) is 23.4. The van der Waals surface area contributed by atoms with Gasteiger partial charge in [0.25, 0.3) is 6.43 Å². The Morgan fingerprint density at radius 2 is 2.06 bits per heavy atom. The summed E-state index contributed by atoms with van der Waals surface area (Å²) in [5.41, 5.74) is -1.04. The summed E-state index contributed by atoms with van der Waals surface area (Å²) in [6.45, 7) is -0.234. The predicted octanol–water partition coefficient (Wildman–Crippen LogP) is 1.17. The highest BCUT2D eigenvalue weighted by Gasteiger charge is 2.53. The number of nitrogens with one attached hydrogen (secondary N) is 1. The van der Waals surface area contributed by atoms with E-state index >= 15 is 0 Å². The zero-order valence-electron chi connectivity index (χ0n) is 10.5. The van der Waals surface area contributed by atoms with Gasteiger partial charge in [-0.05, 0) is 38.6 Å². The van der Waals surface area contributed by atoms with E-state index in [-0.39, 0.29) is 25.0 Å². The molecule has 0 amide bonds. The van der Waals surface area contributed by atoms with Crippen LogP contribution in [0.4, 0.5) is 8.78 Å². The van der Waals surface area contributed by atoms with Crippen LogP contribution in [-0.4, -0.2) is 54.1 Å². The van der Waals surface area contributed by atoms with Gasteiger partial charge in [0.1, 0.15) is 5.54 Å². The Hall–Kier alpha value is -0.750. The van der Waals surface area contributed by atoms with Crippen LogP contribution in [-0.2, 0) is 4.79 Å². The minimum absolute atomic E-state index is 0.0794. The van der Waals surface area contributed by atoms with Crippen LogP contribution in [0.5, 0.6) is 0 Å². The number of halogens is 2. The van der Waals surface area contributed by atoms with Gasteiger partial charge >= 0.3 is 5.97 Å². The second-order valence-electron chi connectivity index (χ2n) is 5.56. The Morgan fingerprint density at radius 3 is 2.44 bits per heavy atom. The minimum atomic E-state index is -2.43. The van der Waals surface area contributed by atoms with Crippen molar-refractivity contribution in [2.75, 3.05) is 20.1 Å². The number of hydrogen-bond acceptors (Lipinski definition) is 3.